The van der Waals surface area contributed by atoms with Crippen molar-refractivity contribution in [3.63, 3.8) is 0 Å². The summed E-state index contributed by atoms with van der Waals surface area (Å²) in [5, 5.41) is 19.1. The van der Waals surface area contributed by atoms with E-state index in [0.717, 1.165) is 29.7 Å². The lowest BCUT2D eigenvalue weighted by atomic mass is 10.1. The molecule has 2 aliphatic rings. The fraction of sp³-hybridized carbons (Fsp3) is 0.415. The highest BCUT2D eigenvalue weighted by atomic mass is 28.4. The van der Waals surface area contributed by atoms with E-state index in [4.69, 9.17) is 14.1 Å². The maximum atomic E-state index is 12.1. The summed E-state index contributed by atoms with van der Waals surface area (Å²) in [6.45, 7) is 13.6. The van der Waals surface area contributed by atoms with Crippen LogP contribution in [0.15, 0.2) is 104 Å². The van der Waals surface area contributed by atoms with Crippen molar-refractivity contribution in [3.05, 3.63) is 115 Å². The Balaban J connectivity index is 1.21. The van der Waals surface area contributed by atoms with Crippen LogP contribution in [0.25, 0.3) is 11.0 Å². The summed E-state index contributed by atoms with van der Waals surface area (Å²) in [6.07, 6.45) is 5.34. The molecule has 2 aliphatic carbocycles. The first-order valence-corrected chi connectivity index (χ1v) is 19.6. The molecule has 2 aromatic heterocycles. The Kier molecular flexibility index (Phi) is 9.03. The molecule has 0 amide bonds. The molecule has 8 heteroatoms. The van der Waals surface area contributed by atoms with Crippen molar-refractivity contribution in [1.29, 1.82) is 0 Å². The van der Waals surface area contributed by atoms with E-state index in [1.165, 1.54) is 21.5 Å². The maximum Gasteiger partial charge on any atom is 0.261 e. The molecule has 1 fully saturated rings. The van der Waals surface area contributed by atoms with Crippen LogP contribution in [0, 0.1) is 5.92 Å². The van der Waals surface area contributed by atoms with Crippen LogP contribution in [0.3, 0.4) is 0 Å². The number of ether oxygens (including phenoxy) is 1. The maximum absolute atomic E-state index is 12.1. The molecule has 3 aromatic carbocycles. The normalized spacial score (nSPS) is 22.8. The van der Waals surface area contributed by atoms with Crippen molar-refractivity contribution in [2.45, 2.75) is 95.7 Å². The SMILES string of the molecule is CC(C)(C)O[C@@H]1[C@H](CO[Si](c2ccccc2)(c2ccccc2)C(C)(C)C)C[C@@H](n2ccc3c(NC4CCc5ccccc54)ncnc32)[C@@H]1O. The molecule has 0 bridgehead atoms. The van der Waals surface area contributed by atoms with Crippen molar-refractivity contribution in [2.75, 3.05) is 11.9 Å². The molecule has 0 aliphatic heterocycles. The van der Waals surface area contributed by atoms with Crippen LogP contribution in [-0.2, 0) is 15.6 Å². The topological polar surface area (TPSA) is 81.4 Å². The van der Waals surface area contributed by atoms with E-state index in [2.05, 4.69) is 154 Å². The fourth-order valence-electron chi connectivity index (χ4n) is 8.32. The predicted molar refractivity (Wildman–Crippen MR) is 200 cm³/mol. The highest BCUT2D eigenvalue weighted by Crippen LogP contribution is 2.44. The molecule has 0 saturated heterocycles. The molecule has 7 rings (SSSR count). The van der Waals surface area contributed by atoms with E-state index in [1.54, 1.807) is 6.33 Å². The summed E-state index contributed by atoms with van der Waals surface area (Å²) in [5.41, 5.74) is 3.11. The molecule has 2 heterocycles. The Hall–Kier alpha value is -3.82. The zero-order chi connectivity index (χ0) is 34.4. The zero-order valence-electron chi connectivity index (χ0n) is 29.6. The number of nitrogens with one attached hydrogen (secondary N) is 1. The summed E-state index contributed by atoms with van der Waals surface area (Å²) in [4.78, 5) is 9.44. The Bertz CT molecular complexity index is 1840. The smallest absolute Gasteiger partial charge is 0.261 e. The van der Waals surface area contributed by atoms with Crippen LogP contribution in [0.1, 0.15) is 77.6 Å². The molecular weight excluding hydrogens is 625 g/mol. The number of aliphatic hydroxyl groups is 1. The minimum Gasteiger partial charge on any atom is -0.407 e. The number of rotatable bonds is 9. The third-order valence-electron chi connectivity index (χ3n) is 10.5. The molecule has 5 aromatic rings. The lowest BCUT2D eigenvalue weighted by Gasteiger charge is -2.44. The number of aliphatic hydroxyl groups excluding tert-OH is 1. The van der Waals surface area contributed by atoms with Gasteiger partial charge < -0.3 is 24.2 Å². The first kappa shape index (κ1) is 33.7. The van der Waals surface area contributed by atoms with Crippen LogP contribution in [0.5, 0.6) is 0 Å². The Morgan fingerprint density at radius 2 is 1.51 bits per heavy atom. The average Bonchev–Trinajstić information content (AvgIpc) is 3.77. The first-order chi connectivity index (χ1) is 23.5. The summed E-state index contributed by atoms with van der Waals surface area (Å²) >= 11 is 0. The molecule has 5 atom stereocenters. The van der Waals surface area contributed by atoms with Crippen molar-refractivity contribution in [1.82, 2.24) is 14.5 Å². The molecule has 49 heavy (non-hydrogen) atoms. The van der Waals surface area contributed by atoms with Gasteiger partial charge in [-0.05, 0) is 72.6 Å². The van der Waals surface area contributed by atoms with Gasteiger partial charge >= 0.3 is 0 Å². The van der Waals surface area contributed by atoms with Crippen LogP contribution in [0.2, 0.25) is 5.04 Å². The lowest BCUT2D eigenvalue weighted by Crippen LogP contribution is -2.67. The predicted octanol–water partition coefficient (Wildman–Crippen LogP) is 7.21. The second-order valence-electron chi connectivity index (χ2n) is 15.8. The van der Waals surface area contributed by atoms with Gasteiger partial charge in [0.2, 0.25) is 0 Å². The third-order valence-corrected chi connectivity index (χ3v) is 15.5. The van der Waals surface area contributed by atoms with Crippen molar-refractivity contribution in [3.8, 4) is 0 Å². The van der Waals surface area contributed by atoms with Gasteiger partial charge in [0, 0.05) is 18.7 Å². The van der Waals surface area contributed by atoms with E-state index < -0.39 is 26.1 Å². The first-order valence-electron chi connectivity index (χ1n) is 17.7. The summed E-state index contributed by atoms with van der Waals surface area (Å²) in [6, 6.07) is 32.2. The molecule has 2 N–H and O–H groups in total. The van der Waals surface area contributed by atoms with Crippen LogP contribution >= 0.6 is 0 Å². The van der Waals surface area contributed by atoms with Crippen LogP contribution in [0.4, 0.5) is 5.82 Å². The van der Waals surface area contributed by atoms with Crippen molar-refractivity contribution >= 4 is 35.5 Å². The number of fused-ring (bicyclic) bond motifs is 2. The standard InChI is InChI=1S/C41H50N4O3Si/c1-40(2,3)48-37-29(26-47-49(41(4,5)6,30-16-9-7-10-17-30)31-18-11-8-12-19-31)25-35(36(37)46)45-24-23-33-38(42-27-43-39(33)45)44-34-22-21-28-15-13-14-20-32(28)34/h7-20,23-24,27,29,34-37,46H,21-22,25-26H2,1-6H3,(H,42,43,44)/t29-,34?,35+,36-,37+/m0/s1. The number of aromatic nitrogens is 3. The number of hydrogen-bond acceptors (Lipinski definition) is 6. The van der Waals surface area contributed by atoms with Gasteiger partial charge in [-0.1, -0.05) is 106 Å². The highest BCUT2D eigenvalue weighted by molar-refractivity contribution is 6.99. The molecule has 1 saturated carbocycles. The van der Waals surface area contributed by atoms with Crippen molar-refractivity contribution in [2.24, 2.45) is 5.92 Å². The molecular formula is C41H50N4O3Si. The van der Waals surface area contributed by atoms with Gasteiger partial charge in [-0.3, -0.25) is 0 Å². The van der Waals surface area contributed by atoms with E-state index in [0.29, 0.717) is 13.0 Å². The molecule has 7 nitrogen and oxygen atoms in total. The fourth-order valence-corrected chi connectivity index (χ4v) is 12.9. The van der Waals surface area contributed by atoms with E-state index >= 15 is 0 Å². The highest BCUT2D eigenvalue weighted by Gasteiger charge is 2.52. The third kappa shape index (κ3) is 6.36. The lowest BCUT2D eigenvalue weighted by molar-refractivity contribution is -0.123. The van der Waals surface area contributed by atoms with Crippen molar-refractivity contribution < 1.29 is 14.3 Å². The number of nitrogens with zero attached hydrogens (tertiary/aromatic N) is 3. The largest absolute Gasteiger partial charge is 0.407 e. The minimum atomic E-state index is -2.78. The molecule has 0 radical (unpaired) electrons. The number of anilines is 1. The van der Waals surface area contributed by atoms with Gasteiger partial charge in [0.25, 0.3) is 8.32 Å². The Labute approximate surface area is 291 Å². The quantitative estimate of drug-likeness (QED) is 0.161. The molecule has 0 spiro atoms. The summed E-state index contributed by atoms with van der Waals surface area (Å²) in [5.74, 6) is 0.791. The second-order valence-corrected chi connectivity index (χ2v) is 20.1. The molecule has 256 valence electrons. The van der Waals surface area contributed by atoms with Gasteiger partial charge in [0.05, 0.1) is 29.2 Å². The van der Waals surface area contributed by atoms with Gasteiger partial charge in [0.1, 0.15) is 23.9 Å². The summed E-state index contributed by atoms with van der Waals surface area (Å²) in [7, 11) is -2.78. The molecule has 1 unspecified atom stereocenters. The van der Waals surface area contributed by atoms with Crippen LogP contribution < -0.4 is 15.7 Å². The van der Waals surface area contributed by atoms with Gasteiger partial charge in [-0.25, -0.2) is 9.97 Å². The zero-order valence-corrected chi connectivity index (χ0v) is 30.6. The number of benzene rings is 3. The second kappa shape index (κ2) is 13.1. The van der Waals surface area contributed by atoms with Crippen LogP contribution in [-0.4, -0.2) is 52.4 Å². The van der Waals surface area contributed by atoms with Gasteiger partial charge in [0.15, 0.2) is 0 Å². The Morgan fingerprint density at radius 1 is 0.857 bits per heavy atom. The van der Waals surface area contributed by atoms with Gasteiger partial charge in [-0.2, -0.15) is 0 Å². The van der Waals surface area contributed by atoms with E-state index in [1.807, 2.05) is 0 Å². The summed E-state index contributed by atoms with van der Waals surface area (Å²) < 4.78 is 16.3. The number of hydrogen-bond donors (Lipinski definition) is 2. The van der Waals surface area contributed by atoms with E-state index in [-0.39, 0.29) is 23.0 Å². The van der Waals surface area contributed by atoms with E-state index in [9.17, 15) is 5.11 Å². The monoisotopic (exact) mass is 674 g/mol. The average molecular weight is 675 g/mol. The Morgan fingerprint density at radius 3 is 2.16 bits per heavy atom. The number of aryl methyl sites for hydroxylation is 1. The van der Waals surface area contributed by atoms with Gasteiger partial charge in [-0.15, -0.1) is 0 Å². The minimum absolute atomic E-state index is 0.0345.